The largest absolute Gasteiger partial charge is 0.355 e. The van der Waals surface area contributed by atoms with Gasteiger partial charge in [0.05, 0.1) is 5.56 Å². The van der Waals surface area contributed by atoms with Gasteiger partial charge in [0.15, 0.2) is 0 Å². The molecule has 170 valence electrons. The topological polar surface area (TPSA) is 104 Å². The molecule has 3 rings (SSSR count). The highest BCUT2D eigenvalue weighted by atomic mass is 35.5. The molecule has 0 bridgehead atoms. The average Bonchev–Trinajstić information content (AvgIpc) is 2.97. The molecule has 0 saturated heterocycles. The molecular formula is C22H24ClN3O5S. The van der Waals surface area contributed by atoms with E-state index in [1.165, 1.54) is 17.0 Å². The zero-order valence-electron chi connectivity index (χ0n) is 17.7. The lowest BCUT2D eigenvalue weighted by Crippen LogP contribution is -2.48. The van der Waals surface area contributed by atoms with Gasteiger partial charge in [0.25, 0.3) is 15.9 Å². The van der Waals surface area contributed by atoms with Crippen LogP contribution in [0, 0.1) is 0 Å². The van der Waals surface area contributed by atoms with Crippen LogP contribution in [0.3, 0.4) is 0 Å². The van der Waals surface area contributed by atoms with Gasteiger partial charge in [-0.05, 0) is 43.7 Å². The highest BCUT2D eigenvalue weighted by Gasteiger charge is 2.41. The van der Waals surface area contributed by atoms with Gasteiger partial charge in [-0.25, -0.2) is 12.7 Å². The maximum absolute atomic E-state index is 13.1. The zero-order chi connectivity index (χ0) is 23.5. The van der Waals surface area contributed by atoms with E-state index < -0.39 is 27.9 Å². The summed E-state index contributed by atoms with van der Waals surface area (Å²) in [4.78, 5) is 39.4. The monoisotopic (exact) mass is 477 g/mol. The second-order valence-corrected chi connectivity index (χ2v) is 9.61. The molecule has 0 radical (unpaired) electrons. The number of nitrogens with zero attached hydrogens (tertiary/aromatic N) is 2. The van der Waals surface area contributed by atoms with Gasteiger partial charge >= 0.3 is 0 Å². The average molecular weight is 478 g/mol. The number of hydrogen-bond donors (Lipinski definition) is 1. The van der Waals surface area contributed by atoms with Crippen LogP contribution in [-0.4, -0.2) is 54.5 Å². The maximum atomic E-state index is 13.1. The van der Waals surface area contributed by atoms with Crippen molar-refractivity contribution in [2.24, 2.45) is 0 Å². The number of sulfonamides is 1. The Labute approximate surface area is 192 Å². The van der Waals surface area contributed by atoms with E-state index in [1.807, 2.05) is 0 Å². The number of carbonyl (C=O) groups excluding carboxylic acids is 3. The molecule has 1 aliphatic rings. The van der Waals surface area contributed by atoms with Gasteiger partial charge in [-0.1, -0.05) is 35.9 Å². The molecular weight excluding hydrogens is 454 g/mol. The zero-order valence-corrected chi connectivity index (χ0v) is 19.3. The van der Waals surface area contributed by atoms with Crippen LogP contribution in [0.15, 0.2) is 53.4 Å². The maximum Gasteiger partial charge on any atom is 0.269 e. The summed E-state index contributed by atoms with van der Waals surface area (Å²) in [6.45, 7) is 3.61. The summed E-state index contributed by atoms with van der Waals surface area (Å²) in [6, 6.07) is 12.0. The number of halogens is 1. The molecule has 0 spiro atoms. The summed E-state index contributed by atoms with van der Waals surface area (Å²) in [6.07, 6.45) is -0.254. The molecule has 32 heavy (non-hydrogen) atoms. The van der Waals surface area contributed by atoms with Crippen molar-refractivity contribution < 1.29 is 22.8 Å². The summed E-state index contributed by atoms with van der Waals surface area (Å²) in [7, 11) is -4.01. The van der Waals surface area contributed by atoms with Crippen LogP contribution in [0.5, 0.6) is 0 Å². The molecule has 3 amide bonds. The molecule has 0 saturated carbocycles. The Balaban J connectivity index is 1.78. The lowest BCUT2D eigenvalue weighted by Gasteiger charge is -2.29. The predicted molar refractivity (Wildman–Crippen MR) is 119 cm³/mol. The number of hydrogen-bond acceptors (Lipinski definition) is 5. The van der Waals surface area contributed by atoms with Gasteiger partial charge < -0.3 is 10.2 Å². The van der Waals surface area contributed by atoms with E-state index in [1.54, 1.807) is 50.2 Å². The summed E-state index contributed by atoms with van der Waals surface area (Å²) < 4.78 is 26.2. The Hall–Kier alpha value is -2.91. The van der Waals surface area contributed by atoms with Gasteiger partial charge in [-0.3, -0.25) is 14.4 Å². The normalized spacial score (nSPS) is 15.2. The number of fused-ring (bicyclic) bond motifs is 1. The highest BCUT2D eigenvalue weighted by molar-refractivity contribution is 7.90. The Morgan fingerprint density at radius 1 is 1.12 bits per heavy atom. The Morgan fingerprint density at radius 2 is 1.78 bits per heavy atom. The third-order valence-corrected chi connectivity index (χ3v) is 7.32. The third kappa shape index (κ3) is 4.78. The van der Waals surface area contributed by atoms with Crippen molar-refractivity contribution >= 4 is 39.3 Å². The summed E-state index contributed by atoms with van der Waals surface area (Å²) in [5, 5.41) is 3.23. The number of likely N-dealkylation sites (N-methyl/N-ethyl adjacent to an activating group) is 1. The second-order valence-electron chi connectivity index (χ2n) is 7.35. The molecule has 0 aliphatic carbocycles. The molecule has 1 N–H and O–H groups in total. The Kier molecular flexibility index (Phi) is 7.20. The molecule has 1 heterocycles. The number of rotatable bonds is 8. The fourth-order valence-corrected chi connectivity index (χ4v) is 5.18. The second kappa shape index (κ2) is 9.70. The number of carbonyl (C=O) groups is 3. The van der Waals surface area contributed by atoms with E-state index in [9.17, 15) is 22.8 Å². The molecule has 1 atom stereocenters. The van der Waals surface area contributed by atoms with Crippen molar-refractivity contribution in [3.63, 3.8) is 0 Å². The van der Waals surface area contributed by atoms with Gasteiger partial charge in [0.1, 0.15) is 10.9 Å². The first-order chi connectivity index (χ1) is 15.2. The van der Waals surface area contributed by atoms with E-state index in [0.717, 1.165) is 5.56 Å². The quantitative estimate of drug-likeness (QED) is 0.628. The van der Waals surface area contributed by atoms with E-state index >= 15 is 0 Å². The molecule has 0 fully saturated rings. The van der Waals surface area contributed by atoms with Gasteiger partial charge in [-0.15, -0.1) is 0 Å². The van der Waals surface area contributed by atoms with Gasteiger partial charge in [-0.2, -0.15) is 0 Å². The first kappa shape index (κ1) is 23.7. The fraction of sp³-hybridized carbons (Fsp3) is 0.318. The summed E-state index contributed by atoms with van der Waals surface area (Å²) in [5.41, 5.74) is 0.852. The standard InChI is InChI=1S/C22H24ClN3O5S/c1-3-24-21(28)15(2)25(14-16-8-10-17(23)11-9-16)20(27)12-13-26-22(29)18-6-4-5-7-19(18)32(26,30)31/h4-11,15H,3,12-14H2,1-2H3,(H,24,28)/t15-/m0/s1. The lowest BCUT2D eigenvalue weighted by atomic mass is 10.1. The SMILES string of the molecule is CCNC(=O)[C@H](C)N(Cc1ccc(Cl)cc1)C(=O)CCN1C(=O)c2ccccc2S1(=O)=O. The first-order valence-corrected chi connectivity index (χ1v) is 12.0. The van der Waals surface area contributed by atoms with Gasteiger partial charge in [0.2, 0.25) is 11.8 Å². The fourth-order valence-electron chi connectivity index (χ4n) is 3.48. The van der Waals surface area contributed by atoms with Crippen LogP contribution in [0.2, 0.25) is 5.02 Å². The third-order valence-electron chi connectivity index (χ3n) is 5.23. The molecule has 0 aromatic heterocycles. The van der Waals surface area contributed by atoms with E-state index in [2.05, 4.69) is 5.32 Å². The van der Waals surface area contributed by atoms with E-state index in [4.69, 9.17) is 11.6 Å². The Bertz CT molecular complexity index is 1130. The van der Waals surface area contributed by atoms with Crippen LogP contribution in [-0.2, 0) is 26.2 Å². The van der Waals surface area contributed by atoms with Crippen LogP contribution in [0.4, 0.5) is 0 Å². The van der Waals surface area contributed by atoms with Crippen molar-refractivity contribution in [2.75, 3.05) is 13.1 Å². The minimum atomic E-state index is -4.01. The van der Waals surface area contributed by atoms with Crippen LogP contribution >= 0.6 is 11.6 Å². The summed E-state index contributed by atoms with van der Waals surface area (Å²) >= 11 is 5.93. The number of benzene rings is 2. The van der Waals surface area contributed by atoms with Crippen molar-refractivity contribution in [1.82, 2.24) is 14.5 Å². The van der Waals surface area contributed by atoms with Crippen molar-refractivity contribution in [3.05, 3.63) is 64.7 Å². The Morgan fingerprint density at radius 3 is 2.41 bits per heavy atom. The molecule has 10 heteroatoms. The van der Waals surface area contributed by atoms with Crippen LogP contribution < -0.4 is 5.32 Å². The van der Waals surface area contributed by atoms with Crippen LogP contribution in [0.1, 0.15) is 36.2 Å². The van der Waals surface area contributed by atoms with E-state index in [0.29, 0.717) is 15.9 Å². The molecule has 8 nitrogen and oxygen atoms in total. The van der Waals surface area contributed by atoms with Crippen molar-refractivity contribution in [1.29, 1.82) is 0 Å². The van der Waals surface area contributed by atoms with Crippen LogP contribution in [0.25, 0.3) is 0 Å². The predicted octanol–water partition coefficient (Wildman–Crippen LogP) is 2.43. The molecule has 0 unspecified atom stereocenters. The molecule has 1 aliphatic heterocycles. The smallest absolute Gasteiger partial charge is 0.269 e. The van der Waals surface area contributed by atoms with Crippen molar-refractivity contribution in [2.45, 2.75) is 37.8 Å². The van der Waals surface area contributed by atoms with Crippen molar-refractivity contribution in [3.8, 4) is 0 Å². The minimum Gasteiger partial charge on any atom is -0.355 e. The lowest BCUT2D eigenvalue weighted by molar-refractivity contribution is -0.140. The summed E-state index contributed by atoms with van der Waals surface area (Å²) in [5.74, 6) is -1.43. The number of amides is 3. The van der Waals surface area contributed by atoms with E-state index in [-0.39, 0.29) is 35.9 Å². The number of nitrogens with one attached hydrogen (secondary N) is 1. The van der Waals surface area contributed by atoms with Gasteiger partial charge in [0, 0.05) is 31.1 Å². The minimum absolute atomic E-state index is 0.0637. The first-order valence-electron chi connectivity index (χ1n) is 10.1. The molecule has 2 aromatic carbocycles. The highest BCUT2D eigenvalue weighted by Crippen LogP contribution is 2.30. The molecule has 2 aromatic rings.